The Morgan fingerprint density at radius 2 is 1.77 bits per heavy atom. The molecule has 0 saturated heterocycles. The van der Waals surface area contributed by atoms with Gasteiger partial charge in [0.25, 0.3) is 5.91 Å². The summed E-state index contributed by atoms with van der Waals surface area (Å²) in [5.41, 5.74) is 1.53. The van der Waals surface area contributed by atoms with E-state index in [2.05, 4.69) is 5.32 Å². The molecule has 0 radical (unpaired) electrons. The number of carbonyl (C=O) groups is 2. The van der Waals surface area contributed by atoms with Crippen molar-refractivity contribution < 1.29 is 19.1 Å². The minimum absolute atomic E-state index is 0.0374. The fraction of sp³-hybridized carbons (Fsp3) is 0.150. The molecule has 0 aliphatic rings. The Labute approximate surface area is 151 Å². The number of nitrogens with one attached hydrogen (secondary N) is 1. The normalized spacial score (nSPS) is 10.6. The predicted molar refractivity (Wildman–Crippen MR) is 97.6 cm³/mol. The van der Waals surface area contributed by atoms with E-state index in [9.17, 15) is 14.9 Å². The molecule has 132 valence electrons. The molecule has 2 aromatic rings. The van der Waals surface area contributed by atoms with Gasteiger partial charge in [0.05, 0.1) is 19.3 Å². The Hall–Kier alpha value is -3.59. The number of hydrogen-bond acceptors (Lipinski definition) is 5. The molecule has 6 heteroatoms. The van der Waals surface area contributed by atoms with Crippen molar-refractivity contribution in [1.29, 1.82) is 5.26 Å². The van der Waals surface area contributed by atoms with Gasteiger partial charge in [-0.1, -0.05) is 12.1 Å². The van der Waals surface area contributed by atoms with E-state index in [1.165, 1.54) is 6.08 Å². The second-order valence-electron chi connectivity index (χ2n) is 5.19. The van der Waals surface area contributed by atoms with Crippen molar-refractivity contribution >= 4 is 23.6 Å². The predicted octanol–water partition coefficient (Wildman–Crippen LogP) is 3.42. The zero-order chi connectivity index (χ0) is 18.9. The largest absolute Gasteiger partial charge is 0.497 e. The van der Waals surface area contributed by atoms with Gasteiger partial charge in [0.1, 0.15) is 17.4 Å². The minimum Gasteiger partial charge on any atom is -0.497 e. The third-order valence-corrected chi connectivity index (χ3v) is 3.45. The maximum absolute atomic E-state index is 12.3. The fourth-order valence-corrected chi connectivity index (χ4v) is 2.12. The quantitative estimate of drug-likeness (QED) is 0.490. The first-order valence-electron chi connectivity index (χ1n) is 7.91. The summed E-state index contributed by atoms with van der Waals surface area (Å²) < 4.78 is 9.97. The standard InChI is InChI=1S/C20H18N2O4/c1-3-26-20(24)15-6-8-17(9-7-15)22-19(23)16(13-21)12-14-4-10-18(25-2)11-5-14/h4-12H,3H2,1-2H3,(H,22,23)/b16-12+. The minimum atomic E-state index is -0.535. The average Bonchev–Trinajstić information content (AvgIpc) is 2.67. The third kappa shape index (κ3) is 4.95. The van der Waals surface area contributed by atoms with Gasteiger partial charge in [-0.2, -0.15) is 5.26 Å². The number of benzene rings is 2. The van der Waals surface area contributed by atoms with Crippen LogP contribution in [0.25, 0.3) is 6.08 Å². The van der Waals surface area contributed by atoms with Crippen LogP contribution in [0.5, 0.6) is 5.75 Å². The molecule has 0 atom stereocenters. The highest BCUT2D eigenvalue weighted by atomic mass is 16.5. The number of esters is 1. The molecule has 0 fully saturated rings. The number of anilines is 1. The molecule has 0 spiro atoms. The maximum Gasteiger partial charge on any atom is 0.338 e. The SMILES string of the molecule is CCOC(=O)c1ccc(NC(=O)/C(C#N)=C/c2ccc(OC)cc2)cc1. The number of ether oxygens (including phenoxy) is 2. The first-order chi connectivity index (χ1) is 12.6. The Morgan fingerprint density at radius 1 is 1.12 bits per heavy atom. The van der Waals surface area contributed by atoms with Gasteiger partial charge in [-0.05, 0) is 55.0 Å². The highest BCUT2D eigenvalue weighted by Crippen LogP contribution is 2.16. The van der Waals surface area contributed by atoms with Crippen molar-refractivity contribution in [2.45, 2.75) is 6.92 Å². The summed E-state index contributed by atoms with van der Waals surface area (Å²) >= 11 is 0. The van der Waals surface area contributed by atoms with Crippen LogP contribution in [0, 0.1) is 11.3 Å². The second kappa shape index (κ2) is 9.04. The van der Waals surface area contributed by atoms with Crippen LogP contribution in [0.3, 0.4) is 0 Å². The first-order valence-corrected chi connectivity index (χ1v) is 7.91. The van der Waals surface area contributed by atoms with Crippen molar-refractivity contribution in [1.82, 2.24) is 0 Å². The molecule has 0 bridgehead atoms. The highest BCUT2D eigenvalue weighted by molar-refractivity contribution is 6.09. The molecule has 0 heterocycles. The number of hydrogen-bond donors (Lipinski definition) is 1. The lowest BCUT2D eigenvalue weighted by Gasteiger charge is -2.06. The van der Waals surface area contributed by atoms with E-state index < -0.39 is 11.9 Å². The van der Waals surface area contributed by atoms with E-state index in [-0.39, 0.29) is 5.57 Å². The summed E-state index contributed by atoms with van der Waals surface area (Å²) in [6, 6.07) is 15.1. The van der Waals surface area contributed by atoms with E-state index in [0.29, 0.717) is 29.2 Å². The summed E-state index contributed by atoms with van der Waals surface area (Å²) in [5.74, 6) is -0.276. The number of methoxy groups -OCH3 is 1. The van der Waals surface area contributed by atoms with Gasteiger partial charge >= 0.3 is 5.97 Å². The van der Waals surface area contributed by atoms with Gasteiger partial charge < -0.3 is 14.8 Å². The molecule has 2 aromatic carbocycles. The lowest BCUT2D eigenvalue weighted by atomic mass is 10.1. The van der Waals surface area contributed by atoms with Crippen LogP contribution in [-0.2, 0) is 9.53 Å². The molecule has 0 aromatic heterocycles. The van der Waals surface area contributed by atoms with Crippen molar-refractivity contribution in [3.05, 3.63) is 65.2 Å². The molecule has 6 nitrogen and oxygen atoms in total. The van der Waals surface area contributed by atoms with Crippen LogP contribution in [0.2, 0.25) is 0 Å². The first kappa shape index (κ1) is 18.7. The van der Waals surface area contributed by atoms with Gasteiger partial charge in [0.2, 0.25) is 0 Å². The van der Waals surface area contributed by atoms with Gasteiger partial charge in [0, 0.05) is 5.69 Å². The maximum atomic E-state index is 12.3. The van der Waals surface area contributed by atoms with Crippen LogP contribution in [0.4, 0.5) is 5.69 Å². The Kier molecular flexibility index (Phi) is 6.52. The molecule has 2 rings (SSSR count). The summed E-state index contributed by atoms with van der Waals surface area (Å²) in [6.07, 6.45) is 1.49. The summed E-state index contributed by atoms with van der Waals surface area (Å²) in [5, 5.41) is 11.9. The lowest BCUT2D eigenvalue weighted by molar-refractivity contribution is -0.112. The van der Waals surface area contributed by atoms with Crippen molar-refractivity contribution in [2.24, 2.45) is 0 Å². The average molecular weight is 350 g/mol. The van der Waals surface area contributed by atoms with Gasteiger partial charge in [-0.15, -0.1) is 0 Å². The van der Waals surface area contributed by atoms with Gasteiger partial charge in [0.15, 0.2) is 0 Å². The van der Waals surface area contributed by atoms with E-state index in [0.717, 1.165) is 0 Å². The molecular weight excluding hydrogens is 332 g/mol. The van der Waals surface area contributed by atoms with Crippen molar-refractivity contribution in [2.75, 3.05) is 19.0 Å². The molecular formula is C20H18N2O4. The molecule has 0 unspecified atom stereocenters. The summed E-state index contributed by atoms with van der Waals surface area (Å²) in [4.78, 5) is 23.9. The van der Waals surface area contributed by atoms with E-state index in [4.69, 9.17) is 9.47 Å². The van der Waals surface area contributed by atoms with E-state index in [1.807, 2.05) is 6.07 Å². The Balaban J connectivity index is 2.10. The summed E-state index contributed by atoms with van der Waals surface area (Å²) in [6.45, 7) is 2.02. The van der Waals surface area contributed by atoms with Crippen molar-refractivity contribution in [3.8, 4) is 11.8 Å². The lowest BCUT2D eigenvalue weighted by Crippen LogP contribution is -2.13. The van der Waals surface area contributed by atoms with Gasteiger partial charge in [-0.3, -0.25) is 4.79 Å². The Morgan fingerprint density at radius 3 is 2.31 bits per heavy atom. The molecule has 0 saturated carbocycles. The van der Waals surface area contributed by atoms with Crippen LogP contribution in [0.1, 0.15) is 22.8 Å². The van der Waals surface area contributed by atoms with E-state index >= 15 is 0 Å². The Bertz CT molecular complexity index is 847. The summed E-state index contributed by atoms with van der Waals surface area (Å²) in [7, 11) is 1.56. The van der Waals surface area contributed by atoms with Crippen molar-refractivity contribution in [3.63, 3.8) is 0 Å². The smallest absolute Gasteiger partial charge is 0.338 e. The number of amides is 1. The van der Waals surface area contributed by atoms with Gasteiger partial charge in [-0.25, -0.2) is 4.79 Å². The zero-order valence-corrected chi connectivity index (χ0v) is 14.5. The second-order valence-corrected chi connectivity index (χ2v) is 5.19. The number of rotatable bonds is 6. The van der Waals surface area contributed by atoms with Crippen LogP contribution >= 0.6 is 0 Å². The number of nitrogens with zero attached hydrogens (tertiary/aromatic N) is 1. The number of nitriles is 1. The molecule has 1 amide bonds. The third-order valence-electron chi connectivity index (χ3n) is 3.45. The zero-order valence-electron chi connectivity index (χ0n) is 14.5. The monoisotopic (exact) mass is 350 g/mol. The molecule has 0 aliphatic carbocycles. The van der Waals surface area contributed by atoms with Crippen LogP contribution in [0.15, 0.2) is 54.1 Å². The topological polar surface area (TPSA) is 88.4 Å². The van der Waals surface area contributed by atoms with E-state index in [1.54, 1.807) is 62.6 Å². The molecule has 0 aliphatic heterocycles. The highest BCUT2D eigenvalue weighted by Gasteiger charge is 2.11. The number of carbonyl (C=O) groups excluding carboxylic acids is 2. The van der Waals surface area contributed by atoms with Crippen LogP contribution < -0.4 is 10.1 Å². The van der Waals surface area contributed by atoms with Crippen LogP contribution in [-0.4, -0.2) is 25.6 Å². The molecule has 1 N–H and O–H groups in total. The molecule has 26 heavy (non-hydrogen) atoms. The fourth-order valence-electron chi connectivity index (χ4n) is 2.12.